The molecule has 1 N–H and O–H groups in total. The number of hydrazone groups is 1. The first-order valence-corrected chi connectivity index (χ1v) is 12.2. The molecular weight excluding hydrogens is 418 g/mol. The number of amides is 1. The molecule has 1 aliphatic rings. The largest absolute Gasteiger partial charge is 0.284 e. The maximum absolute atomic E-state index is 13.2. The number of rotatable bonds is 5. The topological polar surface area (TPSA) is 78.8 Å². The van der Waals surface area contributed by atoms with Gasteiger partial charge >= 0.3 is 0 Å². The van der Waals surface area contributed by atoms with E-state index in [0.717, 1.165) is 28.0 Å². The minimum atomic E-state index is -3.33. The van der Waals surface area contributed by atoms with Gasteiger partial charge in [-0.05, 0) is 48.2 Å². The maximum Gasteiger partial charge on any atom is 0.274 e. The Labute approximate surface area is 179 Å². The van der Waals surface area contributed by atoms with Crippen molar-refractivity contribution in [1.29, 1.82) is 0 Å². The monoisotopic (exact) mass is 439 g/mol. The van der Waals surface area contributed by atoms with Crippen molar-refractivity contribution in [3.8, 4) is 0 Å². The Morgan fingerprint density at radius 1 is 1.10 bits per heavy atom. The average Bonchev–Trinajstić information content (AvgIpc) is 3.37. The van der Waals surface area contributed by atoms with Crippen molar-refractivity contribution >= 4 is 38.7 Å². The zero-order valence-electron chi connectivity index (χ0n) is 16.6. The fourth-order valence-corrected chi connectivity index (χ4v) is 4.72. The number of hydrogen-bond donors (Lipinski definition) is 1. The second-order valence-electron chi connectivity index (χ2n) is 7.25. The Kier molecular flexibility index (Phi) is 5.44. The van der Waals surface area contributed by atoms with Crippen molar-refractivity contribution in [2.75, 3.05) is 11.0 Å². The third kappa shape index (κ3) is 4.44. The molecule has 1 aliphatic heterocycles. The number of carbonyl (C=O) groups is 1. The molecule has 154 valence electrons. The zero-order chi connectivity index (χ0) is 21.3. The average molecular weight is 440 g/mol. The SMILES string of the molecule is Cc1ccc(C(=O)N2N=C(c3ccc(NS(C)(=O)=O)cc3)C[C@@H]2c2cccs2)cc1. The summed E-state index contributed by atoms with van der Waals surface area (Å²) in [4.78, 5) is 14.3. The molecule has 1 atom stereocenters. The van der Waals surface area contributed by atoms with Crippen LogP contribution in [0.25, 0.3) is 0 Å². The highest BCUT2D eigenvalue weighted by Gasteiger charge is 2.34. The van der Waals surface area contributed by atoms with Crippen molar-refractivity contribution < 1.29 is 13.2 Å². The third-order valence-electron chi connectivity index (χ3n) is 4.81. The second-order valence-corrected chi connectivity index (χ2v) is 9.98. The van der Waals surface area contributed by atoms with E-state index in [9.17, 15) is 13.2 Å². The van der Waals surface area contributed by atoms with Crippen LogP contribution in [0.5, 0.6) is 0 Å². The highest BCUT2D eigenvalue weighted by atomic mass is 32.2. The van der Waals surface area contributed by atoms with Crippen LogP contribution in [0.15, 0.2) is 71.1 Å². The number of benzene rings is 2. The van der Waals surface area contributed by atoms with Gasteiger partial charge in [-0.25, -0.2) is 13.4 Å². The van der Waals surface area contributed by atoms with Crippen LogP contribution in [0.1, 0.15) is 38.8 Å². The second kappa shape index (κ2) is 8.04. The Hall–Kier alpha value is -2.97. The molecule has 3 aromatic rings. The van der Waals surface area contributed by atoms with E-state index >= 15 is 0 Å². The quantitative estimate of drug-likeness (QED) is 0.639. The summed E-state index contributed by atoms with van der Waals surface area (Å²) in [5.74, 6) is -0.140. The Bertz CT molecular complexity index is 1180. The van der Waals surface area contributed by atoms with E-state index in [-0.39, 0.29) is 11.9 Å². The highest BCUT2D eigenvalue weighted by Crippen LogP contribution is 2.36. The molecule has 0 unspecified atom stereocenters. The zero-order valence-corrected chi connectivity index (χ0v) is 18.2. The molecule has 2 aromatic carbocycles. The number of hydrogen-bond acceptors (Lipinski definition) is 5. The molecule has 1 amide bonds. The van der Waals surface area contributed by atoms with E-state index < -0.39 is 10.0 Å². The summed E-state index contributed by atoms with van der Waals surface area (Å²) < 4.78 is 25.3. The minimum Gasteiger partial charge on any atom is -0.284 e. The summed E-state index contributed by atoms with van der Waals surface area (Å²) in [6.07, 6.45) is 1.71. The van der Waals surface area contributed by atoms with Crippen LogP contribution >= 0.6 is 11.3 Å². The fraction of sp³-hybridized carbons (Fsp3) is 0.182. The predicted molar refractivity (Wildman–Crippen MR) is 120 cm³/mol. The lowest BCUT2D eigenvalue weighted by molar-refractivity contribution is 0.0714. The van der Waals surface area contributed by atoms with Crippen molar-refractivity contribution in [2.45, 2.75) is 19.4 Å². The summed E-state index contributed by atoms with van der Waals surface area (Å²) in [5.41, 5.74) is 3.83. The van der Waals surface area contributed by atoms with Gasteiger partial charge in [-0.3, -0.25) is 9.52 Å². The number of nitrogens with one attached hydrogen (secondary N) is 1. The van der Waals surface area contributed by atoms with Crippen LogP contribution in [0, 0.1) is 6.92 Å². The van der Waals surface area contributed by atoms with Crippen LogP contribution in [0.2, 0.25) is 0 Å². The predicted octanol–water partition coefficient (Wildman–Crippen LogP) is 4.42. The van der Waals surface area contributed by atoms with Gasteiger partial charge in [0.2, 0.25) is 10.0 Å². The van der Waals surface area contributed by atoms with Gasteiger partial charge in [-0.15, -0.1) is 11.3 Å². The maximum atomic E-state index is 13.2. The van der Waals surface area contributed by atoms with Crippen molar-refractivity contribution in [3.05, 3.63) is 87.6 Å². The van der Waals surface area contributed by atoms with E-state index in [1.807, 2.05) is 60.8 Å². The van der Waals surface area contributed by atoms with Gasteiger partial charge in [0, 0.05) is 22.5 Å². The molecular formula is C22H21N3O3S2. The summed E-state index contributed by atoms with van der Waals surface area (Å²) in [6, 6.07) is 18.3. The van der Waals surface area contributed by atoms with Gasteiger partial charge in [0.15, 0.2) is 0 Å². The molecule has 30 heavy (non-hydrogen) atoms. The Morgan fingerprint density at radius 2 is 1.80 bits per heavy atom. The minimum absolute atomic E-state index is 0.140. The number of nitrogens with zero attached hydrogens (tertiary/aromatic N) is 2. The van der Waals surface area contributed by atoms with Gasteiger partial charge in [0.25, 0.3) is 5.91 Å². The summed E-state index contributed by atoms with van der Waals surface area (Å²) in [6.45, 7) is 1.98. The molecule has 1 aromatic heterocycles. The van der Waals surface area contributed by atoms with Gasteiger partial charge in [0.1, 0.15) is 0 Å². The molecule has 0 fully saturated rings. The van der Waals surface area contributed by atoms with Crippen molar-refractivity contribution in [1.82, 2.24) is 5.01 Å². The molecule has 0 radical (unpaired) electrons. The highest BCUT2D eigenvalue weighted by molar-refractivity contribution is 7.92. The first-order valence-electron chi connectivity index (χ1n) is 9.39. The third-order valence-corrected chi connectivity index (χ3v) is 6.39. The lowest BCUT2D eigenvalue weighted by atomic mass is 10.0. The van der Waals surface area contributed by atoms with Crippen molar-refractivity contribution in [2.24, 2.45) is 5.10 Å². The molecule has 6 nitrogen and oxygen atoms in total. The number of anilines is 1. The molecule has 8 heteroatoms. The van der Waals surface area contributed by atoms with E-state index in [4.69, 9.17) is 0 Å². The number of carbonyl (C=O) groups excluding carboxylic acids is 1. The summed E-state index contributed by atoms with van der Waals surface area (Å²) in [5, 5.41) is 8.22. The normalized spacial score (nSPS) is 16.4. The molecule has 0 spiro atoms. The van der Waals surface area contributed by atoms with Gasteiger partial charge in [0.05, 0.1) is 18.0 Å². The standard InChI is InChI=1S/C22H21N3O3S2/c1-15-5-7-17(8-6-15)22(26)25-20(21-4-3-13-29-21)14-19(23-25)16-9-11-18(12-10-16)24-30(2,27)28/h3-13,20,24H,14H2,1-2H3/t20-/m1/s1. The van der Waals surface area contributed by atoms with Gasteiger partial charge in [-0.1, -0.05) is 35.9 Å². The fourth-order valence-electron chi connectivity index (χ4n) is 3.35. The first-order chi connectivity index (χ1) is 14.3. The van der Waals surface area contributed by atoms with Gasteiger partial charge < -0.3 is 0 Å². The van der Waals surface area contributed by atoms with Crippen LogP contribution in [-0.2, 0) is 10.0 Å². The molecule has 0 bridgehead atoms. The van der Waals surface area contributed by atoms with Gasteiger partial charge in [-0.2, -0.15) is 5.10 Å². The van der Waals surface area contributed by atoms with Crippen LogP contribution in [0.4, 0.5) is 5.69 Å². The lowest BCUT2D eigenvalue weighted by Gasteiger charge is -2.20. The van der Waals surface area contributed by atoms with E-state index in [0.29, 0.717) is 17.7 Å². The Morgan fingerprint density at radius 3 is 2.40 bits per heavy atom. The molecule has 0 aliphatic carbocycles. The van der Waals surface area contributed by atoms with Crippen LogP contribution < -0.4 is 4.72 Å². The molecule has 4 rings (SSSR count). The summed E-state index contributed by atoms with van der Waals surface area (Å²) in [7, 11) is -3.33. The first kappa shape index (κ1) is 20.3. The Balaban J connectivity index is 1.65. The van der Waals surface area contributed by atoms with Crippen molar-refractivity contribution in [3.63, 3.8) is 0 Å². The number of thiophene rings is 1. The molecule has 2 heterocycles. The van der Waals surface area contributed by atoms with E-state index in [1.165, 1.54) is 0 Å². The molecule has 0 saturated heterocycles. The van der Waals surface area contributed by atoms with Crippen LogP contribution in [0.3, 0.4) is 0 Å². The van der Waals surface area contributed by atoms with E-state index in [2.05, 4.69) is 9.82 Å². The smallest absolute Gasteiger partial charge is 0.274 e. The van der Waals surface area contributed by atoms with Crippen LogP contribution in [-0.4, -0.2) is 31.3 Å². The van der Waals surface area contributed by atoms with E-state index in [1.54, 1.807) is 28.5 Å². The molecule has 0 saturated carbocycles. The number of aryl methyl sites for hydroxylation is 1. The lowest BCUT2D eigenvalue weighted by Crippen LogP contribution is -2.26. The summed E-state index contributed by atoms with van der Waals surface area (Å²) >= 11 is 1.60. The number of sulfonamides is 1.